The number of carbonyl (C=O) groups is 4. The van der Waals surface area contributed by atoms with Crippen LogP contribution < -0.4 is 9.80 Å². The van der Waals surface area contributed by atoms with Crippen LogP contribution in [0.2, 0.25) is 0 Å². The van der Waals surface area contributed by atoms with E-state index in [0.717, 1.165) is 33.4 Å². The summed E-state index contributed by atoms with van der Waals surface area (Å²) in [5, 5.41) is 19.8. The number of benzene rings is 6. The highest BCUT2D eigenvalue weighted by Crippen LogP contribution is 2.52. The Bertz CT molecular complexity index is 2130. The number of aliphatic carboxylic acids is 2. The summed E-state index contributed by atoms with van der Waals surface area (Å²) in [5.41, 5.74) is 4.52. The van der Waals surface area contributed by atoms with Gasteiger partial charge in [-0.15, -0.1) is 0 Å². The Morgan fingerprint density at radius 2 is 0.755 bits per heavy atom. The SMILES string of the molecule is O=C(O)CN1C(=O)C(c2ccccc2)(c2ccccc2)c2cc(Cc3ccc4c(c3)C(c3ccccc3)(c3ccccc3)C(=O)N4CC(=O)O)ccc21. The molecule has 0 fully saturated rings. The van der Waals surface area contributed by atoms with Crippen molar-refractivity contribution in [2.75, 3.05) is 22.9 Å². The molecule has 0 aromatic heterocycles. The summed E-state index contributed by atoms with van der Waals surface area (Å²) in [4.78, 5) is 56.3. The number of nitrogens with zero attached hydrogens (tertiary/aromatic N) is 2. The van der Waals surface area contributed by atoms with Gasteiger partial charge >= 0.3 is 11.9 Å². The van der Waals surface area contributed by atoms with Gasteiger partial charge in [0.15, 0.2) is 0 Å². The second kappa shape index (κ2) is 13.1. The molecule has 0 bridgehead atoms. The topological polar surface area (TPSA) is 115 Å². The van der Waals surface area contributed by atoms with E-state index >= 15 is 0 Å². The lowest BCUT2D eigenvalue weighted by molar-refractivity contribution is -0.137. The number of anilines is 2. The average Bonchev–Trinajstić information content (AvgIpc) is 3.56. The van der Waals surface area contributed by atoms with Crippen LogP contribution in [0, 0.1) is 0 Å². The number of rotatable bonds is 10. The molecule has 0 atom stereocenters. The molecule has 0 spiro atoms. The molecule has 53 heavy (non-hydrogen) atoms. The van der Waals surface area contributed by atoms with Crippen LogP contribution >= 0.6 is 0 Å². The Morgan fingerprint density at radius 1 is 0.453 bits per heavy atom. The molecule has 8 nitrogen and oxygen atoms in total. The lowest BCUT2D eigenvalue weighted by Gasteiger charge is -2.30. The number of fused-ring (bicyclic) bond motifs is 2. The Morgan fingerprint density at radius 3 is 1.04 bits per heavy atom. The molecule has 2 amide bonds. The van der Waals surface area contributed by atoms with Crippen molar-refractivity contribution in [1.82, 2.24) is 0 Å². The van der Waals surface area contributed by atoms with Crippen molar-refractivity contribution in [2.24, 2.45) is 0 Å². The van der Waals surface area contributed by atoms with Gasteiger partial charge in [-0.25, -0.2) is 0 Å². The predicted octanol–water partition coefficient (Wildman–Crippen LogP) is 6.81. The van der Waals surface area contributed by atoms with Gasteiger partial charge in [0.2, 0.25) is 11.8 Å². The molecule has 8 heteroatoms. The molecule has 2 aliphatic heterocycles. The van der Waals surface area contributed by atoms with Crippen molar-refractivity contribution in [3.8, 4) is 0 Å². The minimum absolute atomic E-state index is 0.338. The van der Waals surface area contributed by atoms with Crippen LogP contribution in [0.25, 0.3) is 0 Å². The molecule has 2 N–H and O–H groups in total. The fourth-order valence-electron chi connectivity index (χ4n) is 8.33. The van der Waals surface area contributed by atoms with Gasteiger partial charge in [-0.05, 0) is 51.9 Å². The fraction of sp³-hybridized carbons (Fsp3) is 0.111. The van der Waals surface area contributed by atoms with E-state index in [4.69, 9.17) is 0 Å². The van der Waals surface area contributed by atoms with Crippen molar-refractivity contribution in [3.05, 3.63) is 202 Å². The van der Waals surface area contributed by atoms with Crippen LogP contribution in [0.15, 0.2) is 158 Å². The third-order valence-electron chi connectivity index (χ3n) is 10.5. The average molecular weight is 699 g/mol. The minimum Gasteiger partial charge on any atom is -0.480 e. The van der Waals surface area contributed by atoms with Gasteiger partial charge in [0.25, 0.3) is 0 Å². The minimum atomic E-state index is -1.29. The number of carboxylic acids is 2. The summed E-state index contributed by atoms with van der Waals surface area (Å²) >= 11 is 0. The van der Waals surface area contributed by atoms with E-state index in [1.165, 1.54) is 9.80 Å². The maximum Gasteiger partial charge on any atom is 0.323 e. The van der Waals surface area contributed by atoms with Gasteiger partial charge in [-0.1, -0.05) is 146 Å². The molecule has 0 aliphatic carbocycles. The number of carboxylic acid groups (broad SMARTS) is 2. The zero-order valence-corrected chi connectivity index (χ0v) is 28.6. The molecular weight excluding hydrogens is 665 g/mol. The summed E-state index contributed by atoms with van der Waals surface area (Å²) in [6.07, 6.45) is 0.417. The van der Waals surface area contributed by atoms with Gasteiger partial charge in [0.05, 0.1) is 0 Å². The number of carbonyl (C=O) groups excluding carboxylic acids is 2. The zero-order chi connectivity index (χ0) is 36.7. The van der Waals surface area contributed by atoms with E-state index in [0.29, 0.717) is 28.9 Å². The predicted molar refractivity (Wildman–Crippen MR) is 201 cm³/mol. The lowest BCUT2D eigenvalue weighted by Crippen LogP contribution is -2.44. The first kappa shape index (κ1) is 33.3. The van der Waals surface area contributed by atoms with E-state index in [1.54, 1.807) is 0 Å². The van der Waals surface area contributed by atoms with E-state index in [2.05, 4.69) is 0 Å². The van der Waals surface area contributed by atoms with Crippen LogP contribution in [-0.4, -0.2) is 47.1 Å². The second-order valence-corrected chi connectivity index (χ2v) is 13.4. The second-order valence-electron chi connectivity index (χ2n) is 13.4. The van der Waals surface area contributed by atoms with Crippen molar-refractivity contribution < 1.29 is 29.4 Å². The molecule has 0 saturated carbocycles. The number of amides is 2. The standard InChI is InChI=1S/C45H34N2O6/c48-40(49)28-46-38-23-21-30(26-36(38)44(42(46)52,32-13-5-1-6-14-32)33-15-7-2-8-16-33)25-31-22-24-39-37(27-31)45(34-17-9-3-10-18-34,35-19-11-4-12-20-35)43(53)47(39)29-41(50)51/h1-24,26-27H,25,28-29H2,(H,48,49)(H,50,51). The first-order valence-corrected chi connectivity index (χ1v) is 17.3. The molecule has 2 aliphatic rings. The summed E-state index contributed by atoms with van der Waals surface area (Å²) in [6.45, 7) is -0.974. The van der Waals surface area contributed by atoms with Crippen molar-refractivity contribution in [2.45, 2.75) is 17.3 Å². The molecule has 0 radical (unpaired) electrons. The maximum atomic E-state index is 14.7. The Balaban J connectivity index is 1.30. The third-order valence-corrected chi connectivity index (χ3v) is 10.5. The smallest absolute Gasteiger partial charge is 0.323 e. The van der Waals surface area contributed by atoms with Crippen molar-refractivity contribution in [1.29, 1.82) is 0 Å². The van der Waals surface area contributed by atoms with E-state index < -0.39 is 35.9 Å². The quantitative estimate of drug-likeness (QED) is 0.163. The van der Waals surface area contributed by atoms with Gasteiger partial charge in [0, 0.05) is 22.5 Å². The van der Waals surface area contributed by atoms with Crippen molar-refractivity contribution >= 4 is 35.1 Å². The van der Waals surface area contributed by atoms with E-state index in [1.807, 2.05) is 158 Å². The van der Waals surface area contributed by atoms with Crippen LogP contribution in [0.1, 0.15) is 44.5 Å². The van der Waals surface area contributed by atoms with E-state index in [-0.39, 0.29) is 11.8 Å². The molecule has 6 aromatic carbocycles. The van der Waals surface area contributed by atoms with Crippen LogP contribution in [0.3, 0.4) is 0 Å². The van der Waals surface area contributed by atoms with E-state index in [9.17, 15) is 29.4 Å². The Hall–Kier alpha value is -6.80. The third kappa shape index (κ3) is 5.21. The molecular formula is C45H34N2O6. The fourth-order valence-corrected chi connectivity index (χ4v) is 8.33. The van der Waals surface area contributed by atoms with Crippen molar-refractivity contribution in [3.63, 3.8) is 0 Å². The normalized spacial score (nSPS) is 15.2. The maximum absolute atomic E-state index is 14.7. The van der Waals surface area contributed by atoms with Gasteiger partial charge in [0.1, 0.15) is 23.9 Å². The summed E-state index contributed by atoms with van der Waals surface area (Å²) in [5.74, 6) is -2.91. The highest BCUT2D eigenvalue weighted by molar-refractivity contribution is 6.15. The van der Waals surface area contributed by atoms with Crippen LogP contribution in [0.4, 0.5) is 11.4 Å². The van der Waals surface area contributed by atoms with Gasteiger partial charge in [-0.3, -0.25) is 29.0 Å². The monoisotopic (exact) mass is 698 g/mol. The molecule has 2 heterocycles. The zero-order valence-electron chi connectivity index (χ0n) is 28.6. The molecule has 0 unspecified atom stereocenters. The first-order chi connectivity index (χ1) is 25.8. The molecule has 260 valence electrons. The number of hydrogen-bond donors (Lipinski definition) is 2. The highest BCUT2D eigenvalue weighted by atomic mass is 16.4. The van der Waals surface area contributed by atoms with Crippen LogP contribution in [-0.2, 0) is 36.4 Å². The molecule has 8 rings (SSSR count). The van der Waals surface area contributed by atoms with Gasteiger partial charge < -0.3 is 10.2 Å². The van der Waals surface area contributed by atoms with Crippen LogP contribution in [0.5, 0.6) is 0 Å². The highest BCUT2D eigenvalue weighted by Gasteiger charge is 2.55. The van der Waals surface area contributed by atoms with Gasteiger partial charge in [-0.2, -0.15) is 0 Å². The number of hydrogen-bond acceptors (Lipinski definition) is 4. The molecule has 6 aromatic rings. The first-order valence-electron chi connectivity index (χ1n) is 17.3. The summed E-state index contributed by atoms with van der Waals surface area (Å²) in [6, 6.07) is 49.2. The molecule has 0 saturated heterocycles. The lowest BCUT2D eigenvalue weighted by atomic mass is 9.69. The summed E-state index contributed by atoms with van der Waals surface area (Å²) < 4.78 is 0. The Kier molecular flexibility index (Phi) is 8.22. The Labute approximate surface area is 306 Å². The largest absolute Gasteiger partial charge is 0.480 e. The summed E-state index contributed by atoms with van der Waals surface area (Å²) in [7, 11) is 0.